The molecule has 0 spiro atoms. The molecule has 1 aliphatic heterocycles. The van der Waals surface area contributed by atoms with Gasteiger partial charge in [-0.3, -0.25) is 0 Å². The first-order chi connectivity index (χ1) is 13.2. The minimum Gasteiger partial charge on any atom is -0.492 e. The molecule has 2 aliphatic rings. The third-order valence-electron chi connectivity index (χ3n) is 4.74. The zero-order valence-corrected chi connectivity index (χ0v) is 18.3. The van der Waals surface area contributed by atoms with Gasteiger partial charge >= 0.3 is 6.09 Å². The number of rotatable bonds is 6. The van der Waals surface area contributed by atoms with Crippen molar-refractivity contribution in [2.45, 2.75) is 64.9 Å². The highest BCUT2D eigenvalue weighted by Crippen LogP contribution is 2.32. The standard InChI is InChI=1S/C17H24ClNO.C5H11NO2/c18-16-12-14(8-11-19-9-2-1-3-10-19)6-7-17(16)20-13-15-4-5-15;1-5(2,3)8-4(6)7/h6-7,12,15H,1-5,8-11,13H2;1-3H3,(H2,6,7). The van der Waals surface area contributed by atoms with Gasteiger partial charge in [0.15, 0.2) is 0 Å². The summed E-state index contributed by atoms with van der Waals surface area (Å²) in [4.78, 5) is 12.6. The lowest BCUT2D eigenvalue weighted by molar-refractivity contribution is 0.0600. The lowest BCUT2D eigenvalue weighted by Gasteiger charge is -2.26. The molecule has 2 N–H and O–H groups in total. The normalized spacial score (nSPS) is 17.4. The molecule has 1 amide bonds. The second-order valence-corrected chi connectivity index (χ2v) is 9.11. The van der Waals surface area contributed by atoms with Crippen LogP contribution in [0.4, 0.5) is 4.79 Å². The molecule has 5 nitrogen and oxygen atoms in total. The fraction of sp³-hybridized carbons (Fsp3) is 0.682. The molecule has 0 radical (unpaired) electrons. The molecule has 6 heteroatoms. The molecule has 1 aliphatic carbocycles. The number of hydrogen-bond acceptors (Lipinski definition) is 4. The van der Waals surface area contributed by atoms with Crippen LogP contribution < -0.4 is 10.5 Å². The SMILES string of the molecule is CC(C)(C)OC(N)=O.Clc1cc(CCN2CCCCC2)ccc1OCC1CC1. The van der Waals surface area contributed by atoms with Crippen LogP contribution in [0.25, 0.3) is 0 Å². The molecule has 1 saturated carbocycles. The Morgan fingerprint density at radius 2 is 1.89 bits per heavy atom. The maximum Gasteiger partial charge on any atom is 0.405 e. The molecule has 2 fully saturated rings. The topological polar surface area (TPSA) is 64.8 Å². The van der Waals surface area contributed by atoms with Crippen molar-refractivity contribution in [1.29, 1.82) is 0 Å². The van der Waals surface area contributed by atoms with Gasteiger partial charge in [-0.1, -0.05) is 24.1 Å². The van der Waals surface area contributed by atoms with Crippen LogP contribution in [0.15, 0.2) is 18.2 Å². The number of halogens is 1. The van der Waals surface area contributed by atoms with Gasteiger partial charge < -0.3 is 20.1 Å². The van der Waals surface area contributed by atoms with Gasteiger partial charge in [0.25, 0.3) is 0 Å². The Morgan fingerprint density at radius 3 is 2.39 bits per heavy atom. The number of nitrogens with two attached hydrogens (primary N) is 1. The van der Waals surface area contributed by atoms with Crippen LogP contribution in [0.1, 0.15) is 58.4 Å². The van der Waals surface area contributed by atoms with Crippen molar-refractivity contribution in [2.24, 2.45) is 11.7 Å². The lowest BCUT2D eigenvalue weighted by atomic mass is 10.1. The first kappa shape index (κ1) is 22.8. The second-order valence-electron chi connectivity index (χ2n) is 8.70. The van der Waals surface area contributed by atoms with Crippen LogP contribution in [-0.2, 0) is 11.2 Å². The van der Waals surface area contributed by atoms with Gasteiger partial charge in [-0.25, -0.2) is 4.79 Å². The van der Waals surface area contributed by atoms with Crippen LogP contribution in [0, 0.1) is 5.92 Å². The Balaban J connectivity index is 0.000000300. The van der Waals surface area contributed by atoms with E-state index in [-0.39, 0.29) is 0 Å². The molecule has 0 bridgehead atoms. The summed E-state index contributed by atoms with van der Waals surface area (Å²) in [6.07, 6.45) is 7.09. The maximum atomic E-state index is 10.0. The number of carbonyl (C=O) groups is 1. The van der Waals surface area contributed by atoms with Gasteiger partial charge in [-0.2, -0.15) is 0 Å². The first-order valence-electron chi connectivity index (χ1n) is 10.3. The van der Waals surface area contributed by atoms with E-state index in [1.165, 1.54) is 50.8 Å². The van der Waals surface area contributed by atoms with E-state index in [9.17, 15) is 4.79 Å². The number of likely N-dealkylation sites (tertiary alicyclic amines) is 1. The van der Waals surface area contributed by atoms with Gasteiger partial charge in [-0.15, -0.1) is 0 Å². The number of primary amides is 1. The van der Waals surface area contributed by atoms with E-state index in [0.29, 0.717) is 0 Å². The number of carbonyl (C=O) groups excluding carboxylic acids is 1. The molecule has 0 aromatic heterocycles. The van der Waals surface area contributed by atoms with Crippen molar-refractivity contribution in [3.05, 3.63) is 28.8 Å². The Labute approximate surface area is 174 Å². The highest BCUT2D eigenvalue weighted by molar-refractivity contribution is 6.32. The summed E-state index contributed by atoms with van der Waals surface area (Å²) in [5.74, 6) is 1.62. The van der Waals surface area contributed by atoms with E-state index in [4.69, 9.17) is 22.1 Å². The van der Waals surface area contributed by atoms with Crippen molar-refractivity contribution in [2.75, 3.05) is 26.2 Å². The summed E-state index contributed by atoms with van der Waals surface area (Å²) in [5, 5.41) is 0.766. The Bertz CT molecular complexity index is 621. The Hall–Kier alpha value is -1.46. The molecule has 0 unspecified atom stereocenters. The number of hydrogen-bond donors (Lipinski definition) is 1. The van der Waals surface area contributed by atoms with Gasteiger partial charge in [-0.05, 0) is 89.6 Å². The Morgan fingerprint density at radius 1 is 1.21 bits per heavy atom. The van der Waals surface area contributed by atoms with Crippen molar-refractivity contribution >= 4 is 17.7 Å². The van der Waals surface area contributed by atoms with Crippen LogP contribution in [0.3, 0.4) is 0 Å². The average molecular weight is 411 g/mol. The van der Waals surface area contributed by atoms with E-state index < -0.39 is 11.7 Å². The predicted molar refractivity (Wildman–Crippen MR) is 114 cm³/mol. The van der Waals surface area contributed by atoms with Gasteiger partial charge in [0.05, 0.1) is 11.6 Å². The predicted octanol–water partition coefficient (Wildman–Crippen LogP) is 5.04. The Kier molecular flexibility index (Phi) is 8.90. The van der Waals surface area contributed by atoms with Crippen LogP contribution in [0.2, 0.25) is 5.02 Å². The molecule has 158 valence electrons. The van der Waals surface area contributed by atoms with Crippen molar-refractivity contribution < 1.29 is 14.3 Å². The summed E-state index contributed by atoms with van der Waals surface area (Å²) in [6, 6.07) is 6.28. The molecule has 1 aromatic carbocycles. The summed E-state index contributed by atoms with van der Waals surface area (Å²) >= 11 is 6.32. The van der Waals surface area contributed by atoms with Crippen LogP contribution in [0.5, 0.6) is 5.75 Å². The van der Waals surface area contributed by atoms with Crippen molar-refractivity contribution in [3.8, 4) is 5.75 Å². The fourth-order valence-corrected chi connectivity index (χ4v) is 3.34. The number of nitrogens with zero attached hydrogens (tertiary/aromatic N) is 1. The largest absolute Gasteiger partial charge is 0.492 e. The number of benzene rings is 1. The van der Waals surface area contributed by atoms with E-state index >= 15 is 0 Å². The monoisotopic (exact) mass is 410 g/mol. The molecular weight excluding hydrogens is 376 g/mol. The molecule has 1 aromatic rings. The molecule has 3 rings (SSSR count). The van der Waals surface area contributed by atoms with Crippen molar-refractivity contribution in [1.82, 2.24) is 4.90 Å². The lowest BCUT2D eigenvalue weighted by Crippen LogP contribution is -2.31. The highest BCUT2D eigenvalue weighted by Gasteiger charge is 2.22. The van der Waals surface area contributed by atoms with Gasteiger partial charge in [0.1, 0.15) is 11.4 Å². The molecule has 1 heterocycles. The van der Waals surface area contributed by atoms with E-state index in [1.54, 1.807) is 20.8 Å². The molecular formula is C22H35ClN2O3. The summed E-state index contributed by atoms with van der Waals surface area (Å²) in [5.41, 5.74) is 5.58. The van der Waals surface area contributed by atoms with Gasteiger partial charge in [0, 0.05) is 6.54 Å². The molecule has 0 atom stereocenters. The maximum absolute atomic E-state index is 10.0. The average Bonchev–Trinajstić information content (AvgIpc) is 3.43. The first-order valence-corrected chi connectivity index (χ1v) is 10.7. The number of piperidine rings is 1. The molecule has 28 heavy (non-hydrogen) atoms. The van der Waals surface area contributed by atoms with Crippen LogP contribution in [-0.4, -0.2) is 42.8 Å². The zero-order chi connectivity index (χ0) is 20.6. The third-order valence-corrected chi connectivity index (χ3v) is 5.04. The summed E-state index contributed by atoms with van der Waals surface area (Å²) in [7, 11) is 0. The van der Waals surface area contributed by atoms with Crippen molar-refractivity contribution in [3.63, 3.8) is 0 Å². The summed E-state index contributed by atoms with van der Waals surface area (Å²) in [6.45, 7) is 9.78. The van der Waals surface area contributed by atoms with E-state index in [0.717, 1.165) is 36.3 Å². The smallest absolute Gasteiger partial charge is 0.405 e. The molecule has 1 saturated heterocycles. The second kappa shape index (κ2) is 10.9. The highest BCUT2D eigenvalue weighted by atomic mass is 35.5. The van der Waals surface area contributed by atoms with E-state index in [2.05, 4.69) is 21.8 Å². The summed E-state index contributed by atoms with van der Waals surface area (Å²) < 4.78 is 10.3. The minimum absolute atomic E-state index is 0.453. The number of amides is 1. The number of ether oxygens (including phenoxy) is 2. The zero-order valence-electron chi connectivity index (χ0n) is 17.5. The van der Waals surface area contributed by atoms with Gasteiger partial charge in [0.2, 0.25) is 0 Å². The third kappa shape index (κ3) is 9.65. The quantitative estimate of drug-likeness (QED) is 0.713. The fourth-order valence-electron chi connectivity index (χ4n) is 3.08. The van der Waals surface area contributed by atoms with E-state index in [1.807, 2.05) is 6.07 Å². The van der Waals surface area contributed by atoms with Crippen LogP contribution >= 0.6 is 11.6 Å². The minimum atomic E-state index is -0.725.